The van der Waals surface area contributed by atoms with Crippen molar-refractivity contribution in [1.29, 1.82) is 0 Å². The third kappa shape index (κ3) is 2.42. The van der Waals surface area contributed by atoms with Crippen molar-refractivity contribution in [3.8, 4) is 0 Å². The quantitative estimate of drug-likeness (QED) is 0.857. The summed E-state index contributed by atoms with van der Waals surface area (Å²) < 4.78 is 32.5. The molecule has 0 saturated carbocycles. The van der Waals surface area contributed by atoms with Gasteiger partial charge in [-0.3, -0.25) is 0 Å². The molecular weight excluding hydrogens is 304 g/mol. The van der Waals surface area contributed by atoms with E-state index in [-0.39, 0.29) is 10.9 Å². The molecule has 0 unspecified atom stereocenters. The molecule has 8 heteroatoms. The molecule has 0 amide bonds. The minimum Gasteiger partial charge on any atom is -0.360 e. The van der Waals surface area contributed by atoms with Crippen LogP contribution in [-0.2, 0) is 10.0 Å². The molecule has 1 aliphatic rings. The van der Waals surface area contributed by atoms with Crippen LogP contribution in [0.1, 0.15) is 41.9 Å². The van der Waals surface area contributed by atoms with Gasteiger partial charge in [-0.05, 0) is 39.7 Å². The maximum Gasteiger partial charge on any atom is 0.249 e. The van der Waals surface area contributed by atoms with Gasteiger partial charge in [-0.15, -0.1) is 0 Å². The molecule has 118 valence electrons. The van der Waals surface area contributed by atoms with Gasteiger partial charge in [0.2, 0.25) is 10.0 Å². The lowest BCUT2D eigenvalue weighted by Gasteiger charge is -2.23. The second-order valence-electron chi connectivity index (χ2n) is 5.46. The lowest BCUT2D eigenvalue weighted by atomic mass is 10.1. The SMILES string of the molecule is Cc1nccc([C@H]2CCCN2S(=O)(=O)c2c(C)noc2C)n1. The van der Waals surface area contributed by atoms with Gasteiger partial charge in [-0.2, -0.15) is 4.31 Å². The first-order valence-electron chi connectivity index (χ1n) is 7.15. The predicted molar refractivity (Wildman–Crippen MR) is 78.6 cm³/mol. The average Bonchev–Trinajstić information content (AvgIpc) is 3.06. The summed E-state index contributed by atoms with van der Waals surface area (Å²) in [7, 11) is -3.65. The third-order valence-corrected chi connectivity index (χ3v) is 6.03. The molecular formula is C14H18N4O3S. The van der Waals surface area contributed by atoms with Crippen LogP contribution in [0.5, 0.6) is 0 Å². The van der Waals surface area contributed by atoms with E-state index in [1.807, 2.05) is 0 Å². The zero-order valence-corrected chi connectivity index (χ0v) is 13.6. The molecule has 0 N–H and O–H groups in total. The van der Waals surface area contributed by atoms with E-state index < -0.39 is 10.0 Å². The average molecular weight is 322 g/mol. The smallest absolute Gasteiger partial charge is 0.249 e. The van der Waals surface area contributed by atoms with Crippen molar-refractivity contribution in [2.24, 2.45) is 0 Å². The monoisotopic (exact) mass is 322 g/mol. The highest BCUT2D eigenvalue weighted by Crippen LogP contribution is 2.37. The molecule has 0 spiro atoms. The Kier molecular flexibility index (Phi) is 3.73. The molecule has 3 heterocycles. The maximum atomic E-state index is 13.0. The van der Waals surface area contributed by atoms with Gasteiger partial charge in [-0.25, -0.2) is 18.4 Å². The zero-order valence-electron chi connectivity index (χ0n) is 12.8. The summed E-state index contributed by atoms with van der Waals surface area (Å²) in [4.78, 5) is 8.63. The molecule has 0 aromatic carbocycles. The molecule has 1 aliphatic heterocycles. The Morgan fingerprint density at radius 2 is 2.09 bits per heavy atom. The number of hydrogen-bond donors (Lipinski definition) is 0. The number of sulfonamides is 1. The molecule has 0 radical (unpaired) electrons. The topological polar surface area (TPSA) is 89.2 Å². The highest BCUT2D eigenvalue weighted by Gasteiger charge is 2.39. The van der Waals surface area contributed by atoms with E-state index in [4.69, 9.17) is 4.52 Å². The van der Waals surface area contributed by atoms with Crippen molar-refractivity contribution in [3.05, 3.63) is 35.2 Å². The maximum absolute atomic E-state index is 13.0. The number of nitrogens with zero attached hydrogens (tertiary/aromatic N) is 4. The molecule has 1 atom stereocenters. The van der Waals surface area contributed by atoms with Crippen LogP contribution < -0.4 is 0 Å². The van der Waals surface area contributed by atoms with Gasteiger partial charge >= 0.3 is 0 Å². The summed E-state index contributed by atoms with van der Waals surface area (Å²) in [6.07, 6.45) is 3.21. The van der Waals surface area contributed by atoms with Gasteiger partial charge < -0.3 is 4.52 Å². The molecule has 7 nitrogen and oxygen atoms in total. The van der Waals surface area contributed by atoms with Crippen LogP contribution in [0.4, 0.5) is 0 Å². The lowest BCUT2D eigenvalue weighted by Crippen LogP contribution is -2.31. The highest BCUT2D eigenvalue weighted by atomic mass is 32.2. The van der Waals surface area contributed by atoms with Crippen LogP contribution in [0.15, 0.2) is 21.7 Å². The van der Waals surface area contributed by atoms with Crippen LogP contribution >= 0.6 is 0 Å². The largest absolute Gasteiger partial charge is 0.360 e. The summed E-state index contributed by atoms with van der Waals surface area (Å²) in [6.45, 7) is 5.53. The van der Waals surface area contributed by atoms with Crippen LogP contribution in [0.25, 0.3) is 0 Å². The van der Waals surface area contributed by atoms with Crippen LogP contribution in [0, 0.1) is 20.8 Å². The molecule has 22 heavy (non-hydrogen) atoms. The fraction of sp³-hybridized carbons (Fsp3) is 0.500. The van der Waals surface area contributed by atoms with Gasteiger partial charge in [0.25, 0.3) is 0 Å². The summed E-state index contributed by atoms with van der Waals surface area (Å²) in [5.74, 6) is 0.959. The van der Waals surface area contributed by atoms with E-state index in [2.05, 4.69) is 15.1 Å². The van der Waals surface area contributed by atoms with E-state index in [1.54, 1.807) is 33.0 Å². The number of aromatic nitrogens is 3. The number of hydrogen-bond acceptors (Lipinski definition) is 6. The van der Waals surface area contributed by atoms with Crippen LogP contribution in [-0.4, -0.2) is 34.4 Å². The second kappa shape index (κ2) is 5.44. The Bertz CT molecular complexity index is 781. The normalized spacial score (nSPS) is 19.7. The fourth-order valence-electron chi connectivity index (χ4n) is 2.94. The van der Waals surface area contributed by atoms with Crippen molar-refractivity contribution in [2.45, 2.75) is 44.6 Å². The predicted octanol–water partition coefficient (Wildman–Crippen LogP) is 1.92. The van der Waals surface area contributed by atoms with Gasteiger partial charge in [0.05, 0.1) is 11.7 Å². The van der Waals surface area contributed by atoms with Gasteiger partial charge in [-0.1, -0.05) is 5.16 Å². The Morgan fingerprint density at radius 1 is 1.32 bits per heavy atom. The Balaban J connectivity index is 2.03. The molecule has 2 aromatic rings. The summed E-state index contributed by atoms with van der Waals surface area (Å²) in [5.41, 5.74) is 1.13. The molecule has 0 bridgehead atoms. The summed E-state index contributed by atoms with van der Waals surface area (Å²) in [6, 6.07) is 1.51. The summed E-state index contributed by atoms with van der Waals surface area (Å²) >= 11 is 0. The standard InChI is InChI=1S/C14H18N4O3S/c1-9-14(10(2)21-17-9)22(19,20)18-8-4-5-13(18)12-6-7-15-11(3)16-12/h6-7,13H,4-5,8H2,1-3H3/t13-/m1/s1. The Labute approximate surface area is 129 Å². The first-order chi connectivity index (χ1) is 10.4. The zero-order chi connectivity index (χ0) is 15.9. The molecule has 2 aromatic heterocycles. The molecule has 1 fully saturated rings. The van der Waals surface area contributed by atoms with Crippen molar-refractivity contribution in [1.82, 2.24) is 19.4 Å². The van der Waals surface area contributed by atoms with Crippen molar-refractivity contribution in [2.75, 3.05) is 6.54 Å². The lowest BCUT2D eigenvalue weighted by molar-refractivity contribution is 0.381. The number of rotatable bonds is 3. The number of aryl methyl sites for hydroxylation is 3. The minimum atomic E-state index is -3.65. The van der Waals surface area contributed by atoms with E-state index in [0.29, 0.717) is 23.8 Å². The van der Waals surface area contributed by atoms with Crippen molar-refractivity contribution < 1.29 is 12.9 Å². The molecule has 3 rings (SSSR count). The fourth-order valence-corrected chi connectivity index (χ4v) is 4.91. The van der Waals surface area contributed by atoms with Gasteiger partial charge in [0.15, 0.2) is 5.76 Å². The first kappa shape index (κ1) is 15.1. The summed E-state index contributed by atoms with van der Waals surface area (Å²) in [5, 5.41) is 3.76. The van der Waals surface area contributed by atoms with E-state index >= 15 is 0 Å². The van der Waals surface area contributed by atoms with Crippen LogP contribution in [0.2, 0.25) is 0 Å². The highest BCUT2D eigenvalue weighted by molar-refractivity contribution is 7.89. The van der Waals surface area contributed by atoms with Crippen molar-refractivity contribution >= 4 is 10.0 Å². The second-order valence-corrected chi connectivity index (χ2v) is 7.28. The Hall–Kier alpha value is -1.80. The third-order valence-electron chi connectivity index (χ3n) is 3.88. The van der Waals surface area contributed by atoms with E-state index in [0.717, 1.165) is 18.5 Å². The first-order valence-corrected chi connectivity index (χ1v) is 8.59. The Morgan fingerprint density at radius 3 is 2.73 bits per heavy atom. The van der Waals surface area contributed by atoms with Crippen molar-refractivity contribution in [3.63, 3.8) is 0 Å². The van der Waals surface area contributed by atoms with E-state index in [1.165, 1.54) is 4.31 Å². The minimum absolute atomic E-state index is 0.171. The van der Waals surface area contributed by atoms with Crippen LogP contribution in [0.3, 0.4) is 0 Å². The molecule has 1 saturated heterocycles. The van der Waals surface area contributed by atoms with E-state index in [9.17, 15) is 8.42 Å². The van der Waals surface area contributed by atoms with Gasteiger partial charge in [0.1, 0.15) is 16.4 Å². The van der Waals surface area contributed by atoms with Gasteiger partial charge in [0, 0.05) is 12.7 Å². The molecule has 0 aliphatic carbocycles.